The number of aryl methyl sites for hydroxylation is 1. The van der Waals surface area contributed by atoms with Gasteiger partial charge in [0, 0.05) is 0 Å². The van der Waals surface area contributed by atoms with Crippen molar-refractivity contribution in [1.82, 2.24) is 0 Å². The Labute approximate surface area is 163 Å². The molecule has 0 saturated heterocycles. The summed E-state index contributed by atoms with van der Waals surface area (Å²) in [4.78, 5) is 18.6. The van der Waals surface area contributed by atoms with E-state index in [9.17, 15) is 18.9 Å². The highest BCUT2D eigenvalue weighted by atomic mass is 31.2. The predicted octanol–water partition coefficient (Wildman–Crippen LogP) is 5.17. The van der Waals surface area contributed by atoms with E-state index in [0.29, 0.717) is 12.8 Å². The number of hydrogen-bond donors (Lipinski definition) is 3. The van der Waals surface area contributed by atoms with Crippen LogP contribution in [0.15, 0.2) is 41.5 Å². The van der Waals surface area contributed by atoms with Gasteiger partial charge in [0.2, 0.25) is 0 Å². The van der Waals surface area contributed by atoms with Crippen LogP contribution in [0.1, 0.15) is 57.6 Å². The molecule has 0 aliphatic carbocycles. The molecule has 1 rings (SSSR count). The summed E-state index contributed by atoms with van der Waals surface area (Å²) < 4.78 is 23.1. The lowest BCUT2D eigenvalue weighted by atomic mass is 10.0. The van der Waals surface area contributed by atoms with E-state index < -0.39 is 27.1 Å². The van der Waals surface area contributed by atoms with E-state index in [1.54, 1.807) is 0 Å². The molecule has 0 bridgehead atoms. The Morgan fingerprint density at radius 3 is 2.33 bits per heavy atom. The van der Waals surface area contributed by atoms with Crippen molar-refractivity contribution in [3.63, 3.8) is 0 Å². The van der Waals surface area contributed by atoms with Gasteiger partial charge in [-0.25, -0.2) is 0 Å². The molecule has 3 N–H and O–H groups in total. The number of aliphatic hydroxyl groups is 1. The highest BCUT2D eigenvalue weighted by Crippen LogP contribution is 2.55. The van der Waals surface area contributed by atoms with Crippen molar-refractivity contribution in [3.8, 4) is 0 Å². The molecule has 0 fully saturated rings. The fourth-order valence-electron chi connectivity index (χ4n) is 2.85. The van der Waals surface area contributed by atoms with Crippen LogP contribution in [0.25, 0.3) is 6.08 Å². The normalized spacial score (nSPS) is 14.7. The second-order valence-electron chi connectivity index (χ2n) is 7.17. The predicted molar refractivity (Wildman–Crippen MR) is 114 cm³/mol. The first-order valence-electron chi connectivity index (χ1n) is 9.21. The molecular weight excluding hydrogens is 382 g/mol. The Morgan fingerprint density at radius 2 is 1.81 bits per heavy atom. The van der Waals surface area contributed by atoms with Crippen LogP contribution >= 0.6 is 15.4 Å². The molecule has 0 aliphatic heterocycles. The van der Waals surface area contributed by atoms with Crippen LogP contribution in [-0.2, 0) is 15.6 Å². The van der Waals surface area contributed by atoms with E-state index in [4.69, 9.17) is 5.11 Å². The van der Waals surface area contributed by atoms with Crippen molar-refractivity contribution in [1.29, 1.82) is 0 Å². The molecular formula is C20H32O5P2. The minimum atomic E-state index is -4.45. The average Bonchev–Trinajstić information content (AvgIpc) is 2.58. The lowest BCUT2D eigenvalue weighted by Crippen LogP contribution is -2.05. The Kier molecular flexibility index (Phi) is 10.5. The number of hydrogen-bond acceptors (Lipinski definition) is 3. The fourth-order valence-corrected chi connectivity index (χ4v) is 5.85. The number of benzene rings is 1. The van der Waals surface area contributed by atoms with E-state index >= 15 is 0 Å². The minimum Gasteiger partial charge on any atom is -0.389 e. The fraction of sp³-hybridized carbons (Fsp3) is 0.500. The zero-order valence-electron chi connectivity index (χ0n) is 16.4. The lowest BCUT2D eigenvalue weighted by molar-refractivity contribution is 0.350. The highest BCUT2D eigenvalue weighted by molar-refractivity contribution is 7.67. The molecule has 5 nitrogen and oxygen atoms in total. The average molecular weight is 414 g/mol. The maximum Gasteiger partial charge on any atom is 0.335 e. The summed E-state index contributed by atoms with van der Waals surface area (Å²) in [5, 5.41) is 7.73. The zero-order chi connectivity index (χ0) is 20.4. The van der Waals surface area contributed by atoms with Crippen molar-refractivity contribution in [2.24, 2.45) is 0 Å². The van der Waals surface area contributed by atoms with E-state index in [0.717, 1.165) is 24.0 Å². The third kappa shape index (κ3) is 9.69. The van der Waals surface area contributed by atoms with Gasteiger partial charge in [-0.3, -0.25) is 4.57 Å². The van der Waals surface area contributed by atoms with Gasteiger partial charge >= 0.3 is 7.60 Å². The summed E-state index contributed by atoms with van der Waals surface area (Å²) in [6.07, 6.45) is 7.13. The molecule has 2 atom stereocenters. The Balaban J connectivity index is 2.58. The molecule has 0 aromatic heterocycles. The summed E-state index contributed by atoms with van der Waals surface area (Å²) in [6, 6.07) is 8.10. The molecule has 0 aliphatic rings. The van der Waals surface area contributed by atoms with Crippen molar-refractivity contribution in [2.45, 2.75) is 58.3 Å². The van der Waals surface area contributed by atoms with E-state index in [1.165, 1.54) is 11.1 Å². The van der Waals surface area contributed by atoms with Crippen LogP contribution in [0.5, 0.6) is 0 Å². The zero-order valence-corrected chi connectivity index (χ0v) is 18.3. The van der Waals surface area contributed by atoms with Gasteiger partial charge in [0.25, 0.3) is 0 Å². The van der Waals surface area contributed by atoms with Crippen LogP contribution in [0, 0.1) is 0 Å². The molecule has 0 spiro atoms. The van der Waals surface area contributed by atoms with Crippen molar-refractivity contribution >= 4 is 21.5 Å². The SMILES string of the molecule is CC(C)=CCCC(C)=Cc1ccc(CCCC([PH](=O)CO)P(=O)(O)O)cc1. The molecule has 7 heteroatoms. The number of allylic oxidation sites excluding steroid dienone is 3. The van der Waals surface area contributed by atoms with Gasteiger partial charge in [0.1, 0.15) is 13.2 Å². The lowest BCUT2D eigenvalue weighted by Gasteiger charge is -2.17. The second kappa shape index (κ2) is 11.8. The van der Waals surface area contributed by atoms with Crippen molar-refractivity contribution in [3.05, 3.63) is 52.6 Å². The monoisotopic (exact) mass is 414 g/mol. The Bertz CT molecular complexity index is 712. The second-order valence-corrected chi connectivity index (χ2v) is 11.4. The molecule has 0 radical (unpaired) electrons. The van der Waals surface area contributed by atoms with Gasteiger partial charge in [-0.1, -0.05) is 47.6 Å². The van der Waals surface area contributed by atoms with Gasteiger partial charge in [-0.15, -0.1) is 0 Å². The largest absolute Gasteiger partial charge is 0.389 e. The molecule has 152 valence electrons. The Hall–Kier alpha value is -0.960. The molecule has 1 aromatic carbocycles. The summed E-state index contributed by atoms with van der Waals surface area (Å²) in [5.74, 6) is 0. The van der Waals surface area contributed by atoms with Gasteiger partial charge in [0.05, 0.1) is 6.35 Å². The van der Waals surface area contributed by atoms with Crippen LogP contribution in [-0.4, -0.2) is 26.6 Å². The quantitative estimate of drug-likeness (QED) is 0.343. The smallest absolute Gasteiger partial charge is 0.335 e. The Morgan fingerprint density at radius 1 is 1.19 bits per heavy atom. The molecule has 0 saturated carbocycles. The molecule has 0 heterocycles. The number of aliphatic hydroxyl groups excluding tert-OH is 1. The standard InChI is InChI=1S/C20H32O5P2/c1-16(2)6-4-7-17(3)14-19-12-10-18(11-13-19)8-5-9-20(26(22)15-21)27(23,24)25/h6,10-14,20-21,26H,4-5,7-9,15H2,1-3H3,(H2,23,24,25). The van der Waals surface area contributed by atoms with E-state index in [-0.39, 0.29) is 6.42 Å². The van der Waals surface area contributed by atoms with Crippen LogP contribution in [0.2, 0.25) is 0 Å². The van der Waals surface area contributed by atoms with Crippen LogP contribution in [0.3, 0.4) is 0 Å². The van der Waals surface area contributed by atoms with Crippen LogP contribution < -0.4 is 0 Å². The van der Waals surface area contributed by atoms with Gasteiger partial charge in [-0.2, -0.15) is 0 Å². The van der Waals surface area contributed by atoms with Gasteiger partial charge in [-0.05, 0) is 64.0 Å². The first-order valence-corrected chi connectivity index (χ1v) is 12.6. The third-order valence-electron chi connectivity index (χ3n) is 4.36. The molecule has 27 heavy (non-hydrogen) atoms. The maximum absolute atomic E-state index is 11.7. The summed E-state index contributed by atoms with van der Waals surface area (Å²) in [5.41, 5.74) is 4.85. The summed E-state index contributed by atoms with van der Waals surface area (Å²) >= 11 is 0. The molecule has 1 aromatic rings. The third-order valence-corrected chi connectivity index (χ3v) is 8.65. The van der Waals surface area contributed by atoms with Crippen molar-refractivity contribution < 1.29 is 24.0 Å². The van der Waals surface area contributed by atoms with Gasteiger partial charge < -0.3 is 19.5 Å². The molecule has 2 unspecified atom stereocenters. The van der Waals surface area contributed by atoms with Crippen LogP contribution in [0.4, 0.5) is 0 Å². The van der Waals surface area contributed by atoms with E-state index in [2.05, 4.69) is 32.9 Å². The minimum absolute atomic E-state index is 0.147. The topological polar surface area (TPSA) is 94.8 Å². The van der Waals surface area contributed by atoms with Crippen molar-refractivity contribution in [2.75, 3.05) is 6.35 Å². The molecule has 0 amide bonds. The van der Waals surface area contributed by atoms with Gasteiger partial charge in [0.15, 0.2) is 0 Å². The highest BCUT2D eigenvalue weighted by Gasteiger charge is 2.32. The first-order chi connectivity index (χ1) is 12.6. The summed E-state index contributed by atoms with van der Waals surface area (Å²) in [7, 11) is -7.13. The number of rotatable bonds is 11. The first kappa shape index (κ1) is 24.1. The van der Waals surface area contributed by atoms with E-state index in [1.807, 2.05) is 24.3 Å². The maximum atomic E-state index is 11.7. The summed E-state index contributed by atoms with van der Waals surface area (Å²) in [6.45, 7) is 6.32.